The fourth-order valence-corrected chi connectivity index (χ4v) is 3.88. The number of H-pyrrole nitrogens is 1. The van der Waals surface area contributed by atoms with E-state index in [2.05, 4.69) is 15.2 Å². The van der Waals surface area contributed by atoms with Gasteiger partial charge in [0.2, 0.25) is 0 Å². The minimum atomic E-state index is -0.361. The van der Waals surface area contributed by atoms with Crippen LogP contribution in [-0.2, 0) is 7.05 Å². The molecule has 2 aromatic carbocycles. The highest BCUT2D eigenvalue weighted by Crippen LogP contribution is 2.29. The summed E-state index contributed by atoms with van der Waals surface area (Å²) in [5, 5.41) is 9.36. The first kappa shape index (κ1) is 17.5. The van der Waals surface area contributed by atoms with E-state index in [-0.39, 0.29) is 16.9 Å². The van der Waals surface area contributed by atoms with E-state index in [1.807, 2.05) is 31.2 Å². The van der Waals surface area contributed by atoms with Crippen molar-refractivity contribution in [2.24, 2.45) is 7.05 Å². The lowest BCUT2D eigenvalue weighted by atomic mass is 10.1. The molecule has 27 heavy (non-hydrogen) atoms. The standard InChI is InChI=1S/C20H17FN4OS/c1-12(18(26)15-11-22-17-10-6-4-7-13(15)17)27-20-24-23-19(25(20)2)14-8-3-5-9-16(14)21/h3-12,22H,1-2H3. The third kappa shape index (κ3) is 3.14. The minimum Gasteiger partial charge on any atom is -0.360 e. The van der Waals surface area contributed by atoms with Gasteiger partial charge >= 0.3 is 0 Å². The number of Topliss-reactive ketones (excluding diaryl/α,β-unsaturated/α-hetero) is 1. The Morgan fingerprint density at radius 1 is 1.15 bits per heavy atom. The van der Waals surface area contributed by atoms with Gasteiger partial charge in [-0.05, 0) is 25.1 Å². The van der Waals surface area contributed by atoms with Crippen LogP contribution >= 0.6 is 11.8 Å². The topological polar surface area (TPSA) is 63.6 Å². The second-order valence-electron chi connectivity index (χ2n) is 6.22. The molecule has 7 heteroatoms. The molecular weight excluding hydrogens is 363 g/mol. The van der Waals surface area contributed by atoms with Crippen LogP contribution in [0.4, 0.5) is 4.39 Å². The number of nitrogens with zero attached hydrogens (tertiary/aromatic N) is 3. The van der Waals surface area contributed by atoms with Gasteiger partial charge in [-0.25, -0.2) is 4.39 Å². The number of carbonyl (C=O) groups excluding carboxylic acids is 1. The summed E-state index contributed by atoms with van der Waals surface area (Å²) < 4.78 is 15.8. The molecule has 4 rings (SSSR count). The van der Waals surface area contributed by atoms with Crippen LogP contribution in [0.25, 0.3) is 22.3 Å². The van der Waals surface area contributed by atoms with Crippen molar-refractivity contribution in [1.82, 2.24) is 19.7 Å². The van der Waals surface area contributed by atoms with Crippen LogP contribution in [0.2, 0.25) is 0 Å². The number of carbonyl (C=O) groups is 1. The Bertz CT molecular complexity index is 1130. The van der Waals surface area contributed by atoms with Crippen molar-refractivity contribution >= 4 is 28.4 Å². The smallest absolute Gasteiger partial charge is 0.191 e. The fourth-order valence-electron chi connectivity index (χ4n) is 3.00. The van der Waals surface area contributed by atoms with Gasteiger partial charge in [-0.2, -0.15) is 0 Å². The van der Waals surface area contributed by atoms with E-state index in [9.17, 15) is 9.18 Å². The molecule has 1 N–H and O–H groups in total. The maximum Gasteiger partial charge on any atom is 0.191 e. The highest BCUT2D eigenvalue weighted by Gasteiger charge is 2.23. The van der Waals surface area contributed by atoms with Crippen molar-refractivity contribution in [1.29, 1.82) is 0 Å². The van der Waals surface area contributed by atoms with Crippen molar-refractivity contribution < 1.29 is 9.18 Å². The summed E-state index contributed by atoms with van der Waals surface area (Å²) >= 11 is 1.31. The van der Waals surface area contributed by atoms with E-state index in [0.29, 0.717) is 22.1 Å². The average molecular weight is 380 g/mol. The van der Waals surface area contributed by atoms with E-state index in [1.54, 1.807) is 36.0 Å². The summed E-state index contributed by atoms with van der Waals surface area (Å²) in [5.74, 6) is 0.0858. The number of aromatic amines is 1. The number of para-hydroxylation sites is 1. The largest absolute Gasteiger partial charge is 0.360 e. The summed E-state index contributed by atoms with van der Waals surface area (Å²) in [5.41, 5.74) is 1.97. The number of hydrogen-bond donors (Lipinski definition) is 1. The molecule has 1 atom stereocenters. The number of benzene rings is 2. The van der Waals surface area contributed by atoms with Crippen molar-refractivity contribution in [3.8, 4) is 11.4 Å². The van der Waals surface area contributed by atoms with Crippen LogP contribution in [0.15, 0.2) is 59.9 Å². The van der Waals surface area contributed by atoms with E-state index in [1.165, 1.54) is 17.8 Å². The normalized spacial score (nSPS) is 12.4. The zero-order valence-electron chi connectivity index (χ0n) is 14.8. The van der Waals surface area contributed by atoms with Crippen LogP contribution in [0.5, 0.6) is 0 Å². The molecule has 1 unspecified atom stereocenters. The van der Waals surface area contributed by atoms with Gasteiger partial charge in [0.25, 0.3) is 0 Å². The van der Waals surface area contributed by atoms with E-state index in [0.717, 1.165) is 10.9 Å². The number of nitrogens with one attached hydrogen (secondary N) is 1. The monoisotopic (exact) mass is 380 g/mol. The highest BCUT2D eigenvalue weighted by atomic mass is 32.2. The van der Waals surface area contributed by atoms with Crippen molar-refractivity contribution in [2.75, 3.05) is 0 Å². The SMILES string of the molecule is CC(Sc1nnc(-c2ccccc2F)n1C)C(=O)c1c[nH]c2ccccc12. The molecule has 0 aliphatic rings. The third-order valence-electron chi connectivity index (χ3n) is 4.46. The zero-order valence-corrected chi connectivity index (χ0v) is 15.6. The molecular formula is C20H17FN4OS. The second kappa shape index (κ2) is 7.00. The Balaban J connectivity index is 1.59. The van der Waals surface area contributed by atoms with E-state index in [4.69, 9.17) is 0 Å². The molecule has 0 saturated heterocycles. The van der Waals surface area contributed by atoms with Crippen molar-refractivity contribution in [3.63, 3.8) is 0 Å². The Morgan fingerprint density at radius 3 is 2.70 bits per heavy atom. The highest BCUT2D eigenvalue weighted by molar-refractivity contribution is 8.00. The predicted octanol–water partition coefficient (Wildman–Crippen LogP) is 4.47. The van der Waals surface area contributed by atoms with Crippen LogP contribution in [0, 0.1) is 5.82 Å². The van der Waals surface area contributed by atoms with Crippen LogP contribution < -0.4 is 0 Å². The molecule has 0 aliphatic carbocycles. The van der Waals surface area contributed by atoms with Crippen molar-refractivity contribution in [3.05, 3.63) is 66.1 Å². The number of ketones is 1. The summed E-state index contributed by atoms with van der Waals surface area (Å²) in [4.78, 5) is 16.0. The number of rotatable bonds is 5. The summed E-state index contributed by atoms with van der Waals surface area (Å²) in [6.07, 6.45) is 1.74. The molecule has 2 heterocycles. The number of halogens is 1. The summed E-state index contributed by atoms with van der Waals surface area (Å²) in [7, 11) is 1.77. The van der Waals surface area contributed by atoms with Gasteiger partial charge in [-0.15, -0.1) is 10.2 Å². The van der Waals surface area contributed by atoms with E-state index >= 15 is 0 Å². The van der Waals surface area contributed by atoms with Crippen LogP contribution in [0.3, 0.4) is 0 Å². The molecule has 0 radical (unpaired) electrons. The number of fused-ring (bicyclic) bond motifs is 1. The molecule has 5 nitrogen and oxygen atoms in total. The number of hydrogen-bond acceptors (Lipinski definition) is 4. The van der Waals surface area contributed by atoms with Crippen LogP contribution in [0.1, 0.15) is 17.3 Å². The molecule has 0 amide bonds. The van der Waals surface area contributed by atoms with Crippen molar-refractivity contribution in [2.45, 2.75) is 17.3 Å². The molecule has 4 aromatic rings. The molecule has 0 saturated carbocycles. The lowest BCUT2D eigenvalue weighted by Crippen LogP contribution is -2.14. The molecule has 136 valence electrons. The van der Waals surface area contributed by atoms with Gasteiger partial charge in [0, 0.05) is 29.7 Å². The molecule has 0 bridgehead atoms. The summed E-state index contributed by atoms with van der Waals surface area (Å²) in [6, 6.07) is 14.1. The molecule has 0 fully saturated rings. The number of aromatic nitrogens is 4. The Labute approximate surface area is 159 Å². The quantitative estimate of drug-likeness (QED) is 0.410. The zero-order chi connectivity index (χ0) is 19.0. The lowest BCUT2D eigenvalue weighted by molar-refractivity contribution is 0.0995. The first-order valence-corrected chi connectivity index (χ1v) is 9.35. The van der Waals surface area contributed by atoms with Crippen LogP contribution in [-0.4, -0.2) is 30.8 Å². The third-order valence-corrected chi connectivity index (χ3v) is 5.59. The van der Waals surface area contributed by atoms with Gasteiger partial charge in [0.1, 0.15) is 5.82 Å². The molecule has 0 spiro atoms. The van der Waals surface area contributed by atoms with Gasteiger partial charge < -0.3 is 9.55 Å². The molecule has 2 aromatic heterocycles. The molecule has 0 aliphatic heterocycles. The predicted molar refractivity (Wildman–Crippen MR) is 104 cm³/mol. The van der Waals surface area contributed by atoms with E-state index < -0.39 is 0 Å². The first-order valence-electron chi connectivity index (χ1n) is 8.47. The number of thioether (sulfide) groups is 1. The van der Waals surface area contributed by atoms with Gasteiger partial charge in [-0.3, -0.25) is 4.79 Å². The fraction of sp³-hybridized carbons (Fsp3) is 0.150. The van der Waals surface area contributed by atoms with Gasteiger partial charge in [0.15, 0.2) is 16.8 Å². The second-order valence-corrected chi connectivity index (χ2v) is 7.53. The average Bonchev–Trinajstić information content (AvgIpc) is 3.26. The summed E-state index contributed by atoms with van der Waals surface area (Å²) in [6.45, 7) is 1.84. The Hall–Kier alpha value is -2.93. The Kier molecular flexibility index (Phi) is 4.53. The maximum absolute atomic E-state index is 14.0. The van der Waals surface area contributed by atoms with Gasteiger partial charge in [0.05, 0.1) is 10.8 Å². The van der Waals surface area contributed by atoms with Gasteiger partial charge in [-0.1, -0.05) is 42.1 Å². The Morgan fingerprint density at radius 2 is 1.89 bits per heavy atom. The minimum absolute atomic E-state index is 0.00731. The first-order chi connectivity index (χ1) is 13.1. The maximum atomic E-state index is 14.0. The lowest BCUT2D eigenvalue weighted by Gasteiger charge is -2.10.